The summed E-state index contributed by atoms with van der Waals surface area (Å²) >= 11 is 0. The van der Waals surface area contributed by atoms with E-state index in [-0.39, 0.29) is 11.9 Å². The molecule has 86 valence electrons. The van der Waals surface area contributed by atoms with E-state index in [0.717, 1.165) is 12.8 Å². The predicted molar refractivity (Wildman–Crippen MR) is 54.4 cm³/mol. The number of aliphatic hydroxyl groups excluding tert-OH is 1. The normalized spacial score (nSPS) is 30.5. The highest BCUT2D eigenvalue weighted by Crippen LogP contribution is 2.18. The number of nitrogens with one attached hydrogen (secondary N) is 2. The maximum Gasteiger partial charge on any atom is 0.221 e. The second kappa shape index (κ2) is 4.92. The Morgan fingerprint density at radius 1 is 1.40 bits per heavy atom. The lowest BCUT2D eigenvalue weighted by molar-refractivity contribution is -0.121. The van der Waals surface area contributed by atoms with Gasteiger partial charge in [-0.3, -0.25) is 4.79 Å². The van der Waals surface area contributed by atoms with Crippen LogP contribution in [0.25, 0.3) is 0 Å². The zero-order chi connectivity index (χ0) is 10.7. The molecule has 0 bridgehead atoms. The van der Waals surface area contributed by atoms with E-state index in [0.29, 0.717) is 32.2 Å². The standard InChI is InChI=1S/C10H18N2O3/c13-9-6-15-5-8(9)11-4-3-10(14)12-7-1-2-7/h7-9,11,13H,1-6H2,(H,12,14). The average molecular weight is 214 g/mol. The van der Waals surface area contributed by atoms with Crippen LogP contribution < -0.4 is 10.6 Å². The number of hydrogen-bond donors (Lipinski definition) is 3. The van der Waals surface area contributed by atoms with Gasteiger partial charge in [-0.05, 0) is 12.8 Å². The summed E-state index contributed by atoms with van der Waals surface area (Å²) in [6.45, 7) is 1.53. The third kappa shape index (κ3) is 3.44. The lowest BCUT2D eigenvalue weighted by Crippen LogP contribution is -2.40. The highest BCUT2D eigenvalue weighted by atomic mass is 16.5. The van der Waals surface area contributed by atoms with Gasteiger partial charge in [-0.15, -0.1) is 0 Å². The first-order chi connectivity index (χ1) is 7.25. The molecule has 2 fully saturated rings. The topological polar surface area (TPSA) is 70.6 Å². The molecule has 0 aromatic rings. The summed E-state index contributed by atoms with van der Waals surface area (Å²) < 4.78 is 5.09. The minimum Gasteiger partial charge on any atom is -0.389 e. The van der Waals surface area contributed by atoms with Crippen LogP contribution in [0.5, 0.6) is 0 Å². The third-order valence-electron chi connectivity index (χ3n) is 2.75. The van der Waals surface area contributed by atoms with Gasteiger partial charge in [-0.25, -0.2) is 0 Å². The van der Waals surface area contributed by atoms with Gasteiger partial charge in [0.1, 0.15) is 0 Å². The number of carbonyl (C=O) groups excluding carboxylic acids is 1. The summed E-state index contributed by atoms with van der Waals surface area (Å²) in [4.78, 5) is 11.3. The van der Waals surface area contributed by atoms with Gasteiger partial charge in [0.2, 0.25) is 5.91 Å². The van der Waals surface area contributed by atoms with Gasteiger partial charge in [-0.1, -0.05) is 0 Å². The Balaban J connectivity index is 1.55. The first-order valence-electron chi connectivity index (χ1n) is 5.54. The fourth-order valence-electron chi connectivity index (χ4n) is 1.64. The zero-order valence-corrected chi connectivity index (χ0v) is 8.74. The fourth-order valence-corrected chi connectivity index (χ4v) is 1.64. The number of ether oxygens (including phenoxy) is 1. The van der Waals surface area contributed by atoms with Crippen molar-refractivity contribution < 1.29 is 14.6 Å². The molecule has 0 spiro atoms. The summed E-state index contributed by atoms with van der Waals surface area (Å²) in [7, 11) is 0. The maximum absolute atomic E-state index is 11.3. The van der Waals surface area contributed by atoms with Crippen LogP contribution >= 0.6 is 0 Å². The molecule has 1 saturated carbocycles. The van der Waals surface area contributed by atoms with Crippen molar-refractivity contribution in [1.29, 1.82) is 0 Å². The molecular formula is C10H18N2O3. The van der Waals surface area contributed by atoms with E-state index in [1.807, 2.05) is 0 Å². The average Bonchev–Trinajstić information content (AvgIpc) is 2.91. The molecule has 1 aliphatic heterocycles. The molecule has 5 nitrogen and oxygen atoms in total. The van der Waals surface area contributed by atoms with Crippen LogP contribution in [-0.4, -0.2) is 49.0 Å². The molecule has 1 aliphatic carbocycles. The van der Waals surface area contributed by atoms with Crippen LogP contribution in [0.2, 0.25) is 0 Å². The predicted octanol–water partition coefficient (Wildman–Crippen LogP) is -0.996. The third-order valence-corrected chi connectivity index (χ3v) is 2.75. The molecule has 15 heavy (non-hydrogen) atoms. The molecular weight excluding hydrogens is 196 g/mol. The Kier molecular flexibility index (Phi) is 3.56. The van der Waals surface area contributed by atoms with Gasteiger partial charge in [-0.2, -0.15) is 0 Å². The molecule has 2 rings (SSSR count). The fraction of sp³-hybridized carbons (Fsp3) is 0.900. The van der Waals surface area contributed by atoms with Gasteiger partial charge in [0.05, 0.1) is 25.4 Å². The zero-order valence-electron chi connectivity index (χ0n) is 8.74. The first kappa shape index (κ1) is 10.9. The van der Waals surface area contributed by atoms with Gasteiger partial charge in [0.25, 0.3) is 0 Å². The molecule has 0 aromatic carbocycles. The number of hydrogen-bond acceptors (Lipinski definition) is 4. The van der Waals surface area contributed by atoms with Crippen molar-refractivity contribution in [2.45, 2.75) is 37.5 Å². The smallest absolute Gasteiger partial charge is 0.221 e. The van der Waals surface area contributed by atoms with Crippen LogP contribution in [-0.2, 0) is 9.53 Å². The van der Waals surface area contributed by atoms with Crippen LogP contribution in [0.1, 0.15) is 19.3 Å². The molecule has 1 amide bonds. The van der Waals surface area contributed by atoms with E-state index in [9.17, 15) is 9.90 Å². The van der Waals surface area contributed by atoms with E-state index in [1.54, 1.807) is 0 Å². The largest absolute Gasteiger partial charge is 0.389 e. The van der Waals surface area contributed by atoms with Gasteiger partial charge >= 0.3 is 0 Å². The molecule has 2 aliphatic rings. The number of amides is 1. The van der Waals surface area contributed by atoms with Crippen LogP contribution in [0.3, 0.4) is 0 Å². The molecule has 1 heterocycles. The van der Waals surface area contributed by atoms with Crippen molar-refractivity contribution in [3.63, 3.8) is 0 Å². The van der Waals surface area contributed by atoms with E-state index in [1.165, 1.54) is 0 Å². The Labute approximate surface area is 89.2 Å². The molecule has 2 atom stereocenters. The molecule has 0 radical (unpaired) electrons. The quantitative estimate of drug-likeness (QED) is 0.549. The molecule has 1 saturated heterocycles. The molecule has 5 heteroatoms. The Bertz CT molecular complexity index is 231. The molecule has 2 unspecified atom stereocenters. The SMILES string of the molecule is O=C(CCNC1COCC1O)NC1CC1. The van der Waals surface area contributed by atoms with Gasteiger partial charge in [0.15, 0.2) is 0 Å². The van der Waals surface area contributed by atoms with E-state index in [4.69, 9.17) is 4.74 Å². The second-order valence-corrected chi connectivity index (χ2v) is 4.26. The summed E-state index contributed by atoms with van der Waals surface area (Å²) in [5.74, 6) is 0.0957. The summed E-state index contributed by atoms with van der Waals surface area (Å²) in [6.07, 6.45) is 2.28. The van der Waals surface area contributed by atoms with Crippen molar-refractivity contribution in [1.82, 2.24) is 10.6 Å². The van der Waals surface area contributed by atoms with Crippen molar-refractivity contribution in [3.05, 3.63) is 0 Å². The molecule has 3 N–H and O–H groups in total. The first-order valence-corrected chi connectivity index (χ1v) is 5.54. The van der Waals surface area contributed by atoms with E-state index >= 15 is 0 Å². The lowest BCUT2D eigenvalue weighted by atomic mass is 10.2. The van der Waals surface area contributed by atoms with Crippen LogP contribution in [0, 0.1) is 0 Å². The molecule has 0 aromatic heterocycles. The summed E-state index contributed by atoms with van der Waals surface area (Å²) in [6, 6.07) is 0.414. The van der Waals surface area contributed by atoms with Crippen LogP contribution in [0.15, 0.2) is 0 Å². The van der Waals surface area contributed by atoms with Crippen molar-refractivity contribution in [2.75, 3.05) is 19.8 Å². The summed E-state index contributed by atoms with van der Waals surface area (Å²) in [5, 5.41) is 15.5. The van der Waals surface area contributed by atoms with Crippen LogP contribution in [0.4, 0.5) is 0 Å². The van der Waals surface area contributed by atoms with E-state index < -0.39 is 6.10 Å². The second-order valence-electron chi connectivity index (χ2n) is 4.26. The minimum absolute atomic E-state index is 0.0151. The maximum atomic E-state index is 11.3. The van der Waals surface area contributed by atoms with E-state index in [2.05, 4.69) is 10.6 Å². The Morgan fingerprint density at radius 2 is 2.20 bits per heavy atom. The highest BCUT2D eigenvalue weighted by Gasteiger charge is 2.26. The van der Waals surface area contributed by atoms with Gasteiger partial charge < -0.3 is 20.5 Å². The Morgan fingerprint density at radius 3 is 2.80 bits per heavy atom. The van der Waals surface area contributed by atoms with Crippen molar-refractivity contribution in [2.24, 2.45) is 0 Å². The van der Waals surface area contributed by atoms with Crippen molar-refractivity contribution in [3.8, 4) is 0 Å². The number of aliphatic hydroxyl groups is 1. The lowest BCUT2D eigenvalue weighted by Gasteiger charge is -2.13. The van der Waals surface area contributed by atoms with Gasteiger partial charge in [0, 0.05) is 19.0 Å². The number of carbonyl (C=O) groups is 1. The Hall–Kier alpha value is -0.650. The van der Waals surface area contributed by atoms with Crippen molar-refractivity contribution >= 4 is 5.91 Å². The highest BCUT2D eigenvalue weighted by molar-refractivity contribution is 5.76. The summed E-state index contributed by atoms with van der Waals surface area (Å²) in [5.41, 5.74) is 0. The monoisotopic (exact) mass is 214 g/mol. The number of rotatable bonds is 5. The minimum atomic E-state index is -0.434.